The summed E-state index contributed by atoms with van der Waals surface area (Å²) in [6.45, 7) is 8.48. The van der Waals surface area contributed by atoms with Crippen molar-refractivity contribution in [1.82, 2.24) is 0 Å². The number of hydrogen-bond donors (Lipinski definition) is 1. The summed E-state index contributed by atoms with van der Waals surface area (Å²) >= 11 is 0. The van der Waals surface area contributed by atoms with Gasteiger partial charge >= 0.3 is 0 Å². The van der Waals surface area contributed by atoms with Crippen molar-refractivity contribution in [3.8, 4) is 5.75 Å². The Hall–Kier alpha value is -3.99. The van der Waals surface area contributed by atoms with E-state index in [1.807, 2.05) is 69.3 Å². The molecule has 3 saturated heterocycles. The number of rotatable bonds is 9. The van der Waals surface area contributed by atoms with Gasteiger partial charge in [0.1, 0.15) is 5.75 Å². The van der Waals surface area contributed by atoms with E-state index < -0.39 is 13.7 Å². The van der Waals surface area contributed by atoms with Crippen LogP contribution in [0.25, 0.3) is 0 Å². The van der Waals surface area contributed by atoms with Crippen LogP contribution in [0, 0.1) is 5.92 Å². The van der Waals surface area contributed by atoms with Gasteiger partial charge in [0.25, 0.3) is 5.91 Å². The minimum Gasteiger partial charge on any atom is -0.497 e. The Balaban J connectivity index is 1.29. The smallest absolute Gasteiger partial charge is 0.264 e. The molecule has 10 heteroatoms. The third-order valence-corrected chi connectivity index (χ3v) is 16.1. The molecule has 4 aliphatic rings. The van der Waals surface area contributed by atoms with Gasteiger partial charge in [0.05, 0.1) is 33.5 Å². The summed E-state index contributed by atoms with van der Waals surface area (Å²) in [5.74, 6) is 0.728. The minimum atomic E-state index is -2.33. The summed E-state index contributed by atoms with van der Waals surface area (Å²) < 4.78 is 12.6. The first kappa shape index (κ1) is 34.5. The lowest BCUT2D eigenvalue weighted by Crippen LogP contribution is -2.51. The predicted octanol–water partition coefficient (Wildman–Crippen LogP) is 5.87. The topological polar surface area (TPSA) is 99.6 Å². The maximum absolute atomic E-state index is 15.2. The number of anilines is 3. The molecule has 0 saturated carbocycles. The molecule has 1 spiro atoms. The van der Waals surface area contributed by atoms with Gasteiger partial charge in [-0.05, 0) is 85.7 Å². The first-order valence-corrected chi connectivity index (χ1v) is 21.3. The summed E-state index contributed by atoms with van der Waals surface area (Å²) in [5, 5.41) is 11.5. The number of ether oxygens (including phenoxy) is 2. The average Bonchev–Trinajstić information content (AvgIpc) is 3.55. The van der Waals surface area contributed by atoms with Crippen LogP contribution >= 0.6 is 0 Å². The molecule has 50 heavy (non-hydrogen) atoms. The van der Waals surface area contributed by atoms with Gasteiger partial charge in [-0.2, -0.15) is 0 Å². The van der Waals surface area contributed by atoms with Crippen LogP contribution in [0.3, 0.4) is 0 Å². The molecule has 0 aromatic heterocycles. The molecule has 0 bridgehead atoms. The quantitative estimate of drug-likeness (QED) is 0.281. The van der Waals surface area contributed by atoms with Crippen LogP contribution in [0.4, 0.5) is 17.1 Å². The number of fused-ring (bicyclic) bond motifs is 2. The van der Waals surface area contributed by atoms with Gasteiger partial charge < -0.3 is 29.3 Å². The molecule has 4 heterocycles. The molecule has 9 nitrogen and oxygen atoms in total. The number of piperidine rings is 2. The third kappa shape index (κ3) is 5.75. The average molecular weight is 696 g/mol. The molecule has 7 rings (SSSR count). The number of carbonyl (C=O) groups is 3. The molecule has 3 aromatic rings. The summed E-state index contributed by atoms with van der Waals surface area (Å²) in [6, 6.07) is 22.2. The number of aliphatic hydroxyl groups excluding tert-OH is 1. The predicted molar refractivity (Wildman–Crippen MR) is 198 cm³/mol. The van der Waals surface area contributed by atoms with E-state index in [1.165, 1.54) is 5.19 Å². The lowest BCUT2D eigenvalue weighted by Gasteiger charge is -2.37. The highest BCUT2D eigenvalue weighted by atomic mass is 28.3. The van der Waals surface area contributed by atoms with Crippen molar-refractivity contribution in [2.45, 2.75) is 88.8 Å². The highest BCUT2D eigenvalue weighted by molar-refractivity contribution is 6.91. The Bertz CT molecular complexity index is 1760. The number of benzene rings is 3. The first-order valence-electron chi connectivity index (χ1n) is 18.2. The molecule has 264 valence electrons. The van der Waals surface area contributed by atoms with Crippen LogP contribution in [-0.2, 0) is 31.3 Å². The number of nitrogens with zero attached hydrogens (tertiary/aromatic N) is 3. The number of aliphatic hydroxyl groups is 1. The first-order chi connectivity index (χ1) is 24.1. The van der Waals surface area contributed by atoms with Crippen molar-refractivity contribution in [3.63, 3.8) is 0 Å². The Morgan fingerprint density at radius 2 is 1.48 bits per heavy atom. The fourth-order valence-electron chi connectivity index (χ4n) is 9.15. The standard InChI is InChI=1S/C40H49N3O6Si/c1-27-38(50(3,4)32-18-16-31(48-2)17-19-32)35(21-24-44)49-40(27)33-25-30(42-23-8-6-10-37(42)46)15-20-34(33)43(39(40)47)26-28-11-13-29(14-12-28)41-22-7-5-9-36(41)45/h11-20,25,27,35,38,44H,5-10,21-24,26H2,1-4H3/t27-,35+,38-,40+/m0/s1. The molecule has 0 aliphatic carbocycles. The van der Waals surface area contributed by atoms with Crippen molar-refractivity contribution < 1.29 is 29.0 Å². The summed E-state index contributed by atoms with van der Waals surface area (Å²) in [7, 11) is -0.668. The van der Waals surface area contributed by atoms with E-state index in [0.717, 1.165) is 66.2 Å². The second-order valence-electron chi connectivity index (χ2n) is 14.9. The molecule has 4 atom stereocenters. The van der Waals surface area contributed by atoms with Crippen molar-refractivity contribution in [1.29, 1.82) is 0 Å². The Morgan fingerprint density at radius 3 is 2.08 bits per heavy atom. The minimum absolute atomic E-state index is 0.0152. The molecular formula is C40H49N3O6Si. The summed E-state index contributed by atoms with van der Waals surface area (Å²) in [5.41, 5.74) is 2.96. The molecule has 0 unspecified atom stereocenters. The normalized spacial score (nSPS) is 25.5. The Morgan fingerprint density at radius 1 is 0.860 bits per heavy atom. The maximum Gasteiger partial charge on any atom is 0.264 e. The van der Waals surface area contributed by atoms with Gasteiger partial charge in [-0.1, -0.05) is 49.5 Å². The number of carbonyl (C=O) groups excluding carboxylic acids is 3. The van der Waals surface area contributed by atoms with Crippen LogP contribution in [0.15, 0.2) is 66.7 Å². The molecular weight excluding hydrogens is 647 g/mol. The van der Waals surface area contributed by atoms with Crippen molar-refractivity contribution in [3.05, 3.63) is 77.9 Å². The Labute approximate surface area is 296 Å². The molecule has 3 fully saturated rings. The van der Waals surface area contributed by atoms with E-state index in [-0.39, 0.29) is 41.9 Å². The summed E-state index contributed by atoms with van der Waals surface area (Å²) in [4.78, 5) is 46.4. The monoisotopic (exact) mass is 695 g/mol. The highest BCUT2D eigenvalue weighted by Gasteiger charge is 2.66. The van der Waals surface area contributed by atoms with Crippen LogP contribution in [0.5, 0.6) is 5.75 Å². The van der Waals surface area contributed by atoms with E-state index in [1.54, 1.807) is 7.11 Å². The third-order valence-electron chi connectivity index (χ3n) is 11.8. The van der Waals surface area contributed by atoms with Crippen LogP contribution in [0.1, 0.15) is 63.0 Å². The van der Waals surface area contributed by atoms with Crippen molar-refractivity contribution >= 4 is 48.0 Å². The van der Waals surface area contributed by atoms with E-state index in [2.05, 4.69) is 32.2 Å². The van der Waals surface area contributed by atoms with Crippen LogP contribution < -0.4 is 24.6 Å². The van der Waals surface area contributed by atoms with E-state index >= 15 is 4.79 Å². The largest absolute Gasteiger partial charge is 0.497 e. The molecule has 3 amide bonds. The van der Waals surface area contributed by atoms with Gasteiger partial charge in [-0.3, -0.25) is 14.4 Å². The SMILES string of the molecule is COc1ccc([Si](C)(C)[C@@H]2[C@@H](CCO)O[C@]3(C(=O)N(Cc4ccc(N5CCCCC5=O)cc4)c4ccc(N5CCCCC5=O)cc43)[C@H]2C)cc1. The number of methoxy groups -OCH3 is 1. The molecule has 1 N–H and O–H groups in total. The summed E-state index contributed by atoms with van der Waals surface area (Å²) in [6.07, 6.45) is 4.92. The van der Waals surface area contributed by atoms with Gasteiger partial charge in [0, 0.05) is 55.4 Å². The highest BCUT2D eigenvalue weighted by Crippen LogP contribution is 2.60. The lowest BCUT2D eigenvalue weighted by molar-refractivity contribution is -0.146. The van der Waals surface area contributed by atoms with Gasteiger partial charge in [-0.15, -0.1) is 0 Å². The fourth-order valence-corrected chi connectivity index (χ4v) is 13.2. The fraction of sp³-hybridized carbons (Fsp3) is 0.475. The zero-order valence-corrected chi connectivity index (χ0v) is 30.7. The van der Waals surface area contributed by atoms with Crippen molar-refractivity contribution in [2.24, 2.45) is 5.92 Å². The zero-order chi connectivity index (χ0) is 35.2. The molecule has 4 aliphatic heterocycles. The molecule has 0 radical (unpaired) electrons. The van der Waals surface area contributed by atoms with E-state index in [9.17, 15) is 14.7 Å². The lowest BCUT2D eigenvalue weighted by atomic mass is 9.82. The Kier molecular flexibility index (Phi) is 9.38. The van der Waals surface area contributed by atoms with Crippen LogP contribution in [-0.4, -0.2) is 63.8 Å². The van der Waals surface area contributed by atoms with Crippen molar-refractivity contribution in [2.75, 3.05) is 41.5 Å². The number of amides is 3. The maximum atomic E-state index is 15.2. The zero-order valence-electron chi connectivity index (χ0n) is 29.7. The van der Waals surface area contributed by atoms with Gasteiger partial charge in [0.2, 0.25) is 11.8 Å². The van der Waals surface area contributed by atoms with Gasteiger partial charge in [-0.25, -0.2) is 0 Å². The van der Waals surface area contributed by atoms with E-state index in [0.29, 0.717) is 32.4 Å². The van der Waals surface area contributed by atoms with E-state index in [4.69, 9.17) is 9.47 Å². The second kappa shape index (κ2) is 13.6. The number of hydrogen-bond acceptors (Lipinski definition) is 6. The molecule has 3 aromatic carbocycles. The van der Waals surface area contributed by atoms with Gasteiger partial charge in [0.15, 0.2) is 5.60 Å². The van der Waals surface area contributed by atoms with Crippen LogP contribution in [0.2, 0.25) is 18.6 Å². The second-order valence-corrected chi connectivity index (χ2v) is 19.6.